The Morgan fingerprint density at radius 3 is 2.34 bits per heavy atom. The van der Waals surface area contributed by atoms with E-state index in [1.165, 1.54) is 0 Å². The maximum absolute atomic E-state index is 12.6. The molecule has 1 saturated heterocycles. The predicted molar refractivity (Wildman–Crippen MR) is 112 cm³/mol. The normalized spacial score (nSPS) is 20.6. The van der Waals surface area contributed by atoms with Crippen LogP contribution in [0.3, 0.4) is 0 Å². The van der Waals surface area contributed by atoms with Crippen molar-refractivity contribution < 1.29 is 19.1 Å². The van der Waals surface area contributed by atoms with Gasteiger partial charge in [-0.2, -0.15) is 0 Å². The first-order chi connectivity index (χ1) is 13.6. The Kier molecular flexibility index (Phi) is 8.34. The van der Waals surface area contributed by atoms with Gasteiger partial charge in [0.25, 0.3) is 0 Å². The van der Waals surface area contributed by atoms with Gasteiger partial charge < -0.3 is 19.9 Å². The lowest BCUT2D eigenvalue weighted by atomic mass is 9.97. The molecule has 0 spiro atoms. The number of carbonyl (C=O) groups excluding carboxylic acids is 3. The molecule has 166 valence electrons. The molecule has 7 nitrogen and oxygen atoms in total. The molecule has 3 amide bonds. The highest BCUT2D eigenvalue weighted by atomic mass is 16.6. The van der Waals surface area contributed by atoms with E-state index in [0.29, 0.717) is 19.6 Å². The maximum atomic E-state index is 12.6. The van der Waals surface area contributed by atoms with Crippen LogP contribution >= 0.6 is 0 Å². The Hall–Kier alpha value is -1.79. The molecule has 1 saturated carbocycles. The van der Waals surface area contributed by atoms with Crippen LogP contribution in [-0.2, 0) is 14.3 Å². The summed E-state index contributed by atoms with van der Waals surface area (Å²) in [7, 11) is 0. The highest BCUT2D eigenvalue weighted by Gasteiger charge is 2.30. The minimum absolute atomic E-state index is 0.0142. The second kappa shape index (κ2) is 10.3. The fourth-order valence-corrected chi connectivity index (χ4v) is 4.14. The summed E-state index contributed by atoms with van der Waals surface area (Å²) in [6.45, 7) is 11.5. The minimum atomic E-state index is -0.531. The molecule has 2 fully saturated rings. The molecule has 0 bridgehead atoms. The van der Waals surface area contributed by atoms with E-state index in [-0.39, 0.29) is 42.3 Å². The molecule has 2 aliphatic rings. The zero-order valence-corrected chi connectivity index (χ0v) is 18.8. The lowest BCUT2D eigenvalue weighted by Crippen LogP contribution is -2.50. The van der Waals surface area contributed by atoms with Crippen molar-refractivity contribution in [2.45, 2.75) is 84.8 Å². The summed E-state index contributed by atoms with van der Waals surface area (Å²) in [6, 6.07) is 0.0293. The third kappa shape index (κ3) is 7.52. The summed E-state index contributed by atoms with van der Waals surface area (Å²) < 4.78 is 5.55. The van der Waals surface area contributed by atoms with E-state index >= 15 is 0 Å². The molecule has 1 N–H and O–H groups in total. The molecule has 1 atom stereocenters. The molecule has 29 heavy (non-hydrogen) atoms. The average Bonchev–Trinajstić information content (AvgIpc) is 3.17. The number of nitrogens with one attached hydrogen (secondary N) is 1. The second-order valence-corrected chi connectivity index (χ2v) is 9.77. The molecular weight excluding hydrogens is 370 g/mol. The van der Waals surface area contributed by atoms with E-state index in [2.05, 4.69) is 5.32 Å². The molecular formula is C22H39N3O4. The van der Waals surface area contributed by atoms with Gasteiger partial charge in [0.1, 0.15) is 5.60 Å². The van der Waals surface area contributed by atoms with Gasteiger partial charge in [0, 0.05) is 31.6 Å². The Morgan fingerprint density at radius 2 is 1.76 bits per heavy atom. The molecule has 1 aliphatic carbocycles. The third-order valence-electron chi connectivity index (χ3n) is 5.72. The van der Waals surface area contributed by atoms with Gasteiger partial charge in [-0.15, -0.1) is 0 Å². The van der Waals surface area contributed by atoms with Crippen LogP contribution in [-0.4, -0.2) is 65.5 Å². The fourth-order valence-electron chi connectivity index (χ4n) is 4.14. The van der Waals surface area contributed by atoms with Crippen LogP contribution in [0.4, 0.5) is 4.79 Å². The largest absolute Gasteiger partial charge is 0.444 e. The van der Waals surface area contributed by atoms with Gasteiger partial charge in [0.15, 0.2) is 0 Å². The van der Waals surface area contributed by atoms with Crippen molar-refractivity contribution in [2.24, 2.45) is 11.8 Å². The van der Waals surface area contributed by atoms with Crippen LogP contribution < -0.4 is 5.32 Å². The number of hydrogen-bond acceptors (Lipinski definition) is 4. The number of hydrogen-bond donors (Lipinski definition) is 1. The van der Waals surface area contributed by atoms with Gasteiger partial charge in [-0.25, -0.2) is 4.79 Å². The fraction of sp³-hybridized carbons (Fsp3) is 0.864. The number of likely N-dealkylation sites (tertiary alicyclic amines) is 1. The summed E-state index contributed by atoms with van der Waals surface area (Å²) in [5.74, 6) is 0.271. The quantitative estimate of drug-likeness (QED) is 0.731. The van der Waals surface area contributed by atoms with Crippen molar-refractivity contribution >= 4 is 17.9 Å². The number of amides is 3. The number of carbonyl (C=O) groups is 3. The van der Waals surface area contributed by atoms with Gasteiger partial charge >= 0.3 is 6.09 Å². The van der Waals surface area contributed by atoms with Crippen molar-refractivity contribution in [3.63, 3.8) is 0 Å². The SMILES string of the molecule is CC(C)N(CC1CCCN(C(=O)CNC(=O)C2CCCC2)C1)C(=O)OC(C)(C)C. The van der Waals surface area contributed by atoms with Crippen molar-refractivity contribution in [1.29, 1.82) is 0 Å². The number of rotatable bonds is 6. The highest BCUT2D eigenvalue weighted by Crippen LogP contribution is 2.25. The summed E-state index contributed by atoms with van der Waals surface area (Å²) >= 11 is 0. The van der Waals surface area contributed by atoms with E-state index in [9.17, 15) is 14.4 Å². The first kappa shape index (κ1) is 23.5. The molecule has 7 heteroatoms. The van der Waals surface area contributed by atoms with Gasteiger partial charge in [-0.05, 0) is 66.2 Å². The summed E-state index contributed by atoms with van der Waals surface area (Å²) in [5, 5.41) is 2.82. The first-order valence-corrected chi connectivity index (χ1v) is 11.1. The van der Waals surface area contributed by atoms with E-state index in [4.69, 9.17) is 4.74 Å². The molecule has 2 rings (SSSR count). The van der Waals surface area contributed by atoms with Gasteiger partial charge in [-0.3, -0.25) is 9.59 Å². The Balaban J connectivity index is 1.85. The second-order valence-electron chi connectivity index (χ2n) is 9.77. The maximum Gasteiger partial charge on any atom is 0.410 e. The average molecular weight is 410 g/mol. The summed E-state index contributed by atoms with van der Waals surface area (Å²) in [6.07, 6.45) is 5.65. The van der Waals surface area contributed by atoms with Crippen LogP contribution in [0.2, 0.25) is 0 Å². The van der Waals surface area contributed by atoms with Crippen LogP contribution in [0.15, 0.2) is 0 Å². The van der Waals surface area contributed by atoms with Crippen molar-refractivity contribution in [3.05, 3.63) is 0 Å². The monoisotopic (exact) mass is 409 g/mol. The van der Waals surface area contributed by atoms with Crippen LogP contribution in [0, 0.1) is 11.8 Å². The Labute approximate surface area is 175 Å². The van der Waals surface area contributed by atoms with Crippen LogP contribution in [0.5, 0.6) is 0 Å². The minimum Gasteiger partial charge on any atom is -0.444 e. The zero-order chi connectivity index (χ0) is 21.6. The summed E-state index contributed by atoms with van der Waals surface area (Å²) in [5.41, 5.74) is -0.531. The molecule has 0 aromatic rings. The van der Waals surface area contributed by atoms with E-state index in [1.807, 2.05) is 39.5 Å². The van der Waals surface area contributed by atoms with Crippen molar-refractivity contribution in [2.75, 3.05) is 26.2 Å². The van der Waals surface area contributed by atoms with Crippen LogP contribution in [0.25, 0.3) is 0 Å². The van der Waals surface area contributed by atoms with E-state index in [1.54, 1.807) is 4.90 Å². The number of nitrogens with zero attached hydrogens (tertiary/aromatic N) is 2. The van der Waals surface area contributed by atoms with E-state index in [0.717, 1.165) is 38.5 Å². The van der Waals surface area contributed by atoms with Gasteiger partial charge in [0.05, 0.1) is 6.54 Å². The van der Waals surface area contributed by atoms with Gasteiger partial charge in [0.2, 0.25) is 11.8 Å². The lowest BCUT2D eigenvalue weighted by Gasteiger charge is -2.37. The Bertz CT molecular complexity index is 579. The molecule has 1 heterocycles. The van der Waals surface area contributed by atoms with Crippen molar-refractivity contribution in [3.8, 4) is 0 Å². The smallest absolute Gasteiger partial charge is 0.410 e. The molecule has 0 aromatic carbocycles. The molecule has 1 unspecified atom stereocenters. The zero-order valence-electron chi connectivity index (χ0n) is 18.8. The van der Waals surface area contributed by atoms with Crippen LogP contribution in [0.1, 0.15) is 73.1 Å². The highest BCUT2D eigenvalue weighted by molar-refractivity contribution is 5.86. The lowest BCUT2D eigenvalue weighted by molar-refractivity contribution is -0.135. The van der Waals surface area contributed by atoms with Gasteiger partial charge in [-0.1, -0.05) is 12.8 Å². The Morgan fingerprint density at radius 1 is 1.10 bits per heavy atom. The third-order valence-corrected chi connectivity index (χ3v) is 5.72. The predicted octanol–water partition coefficient (Wildman–Crippen LogP) is 3.18. The summed E-state index contributed by atoms with van der Waals surface area (Å²) in [4.78, 5) is 40.9. The number of piperidine rings is 1. The topological polar surface area (TPSA) is 79.0 Å². The first-order valence-electron chi connectivity index (χ1n) is 11.1. The van der Waals surface area contributed by atoms with E-state index < -0.39 is 5.60 Å². The molecule has 1 aliphatic heterocycles. The number of ether oxygens (including phenoxy) is 1. The van der Waals surface area contributed by atoms with Crippen molar-refractivity contribution in [1.82, 2.24) is 15.1 Å². The molecule has 0 aromatic heterocycles. The standard InChI is InChI=1S/C22H39N3O4/c1-16(2)25(21(28)29-22(3,4)5)15-17-9-8-12-24(14-17)19(26)13-23-20(27)18-10-6-7-11-18/h16-18H,6-15H2,1-5H3,(H,23,27). The molecule has 0 radical (unpaired) electrons.